The lowest BCUT2D eigenvalue weighted by Gasteiger charge is -2.03. The number of thiol groups is 1. The number of hydrogen-bond acceptors (Lipinski definition) is 4. The van der Waals surface area contributed by atoms with Gasteiger partial charge < -0.3 is 4.74 Å². The predicted molar refractivity (Wildman–Crippen MR) is 32.4 cm³/mol. The van der Waals surface area contributed by atoms with E-state index in [0.717, 1.165) is 0 Å². The molecule has 1 aliphatic rings. The van der Waals surface area contributed by atoms with E-state index in [1.54, 1.807) is 0 Å². The summed E-state index contributed by atoms with van der Waals surface area (Å²) in [6, 6.07) is 0.382. The molecule has 1 N–H and O–H groups in total. The second-order valence-electron chi connectivity index (χ2n) is 1.84. The largest absolute Gasteiger partial charge is 0.337 e. The van der Waals surface area contributed by atoms with Gasteiger partial charge in [-0.1, -0.05) is 0 Å². The van der Waals surface area contributed by atoms with Crippen molar-refractivity contribution in [1.29, 1.82) is 0 Å². The minimum Gasteiger partial charge on any atom is -0.337 e. The average Bonchev–Trinajstić information content (AvgIpc) is 2.14. The van der Waals surface area contributed by atoms with E-state index in [4.69, 9.17) is 4.74 Å². The highest BCUT2D eigenvalue weighted by Gasteiger charge is 2.19. The van der Waals surface area contributed by atoms with Crippen LogP contribution in [-0.2, 0) is 8.92 Å². The van der Waals surface area contributed by atoms with Gasteiger partial charge in [-0.05, 0) is 19.8 Å². The van der Waals surface area contributed by atoms with Gasteiger partial charge in [0.2, 0.25) is 6.41 Å². The SMILES string of the molecule is CC1COC(OS)N1. The van der Waals surface area contributed by atoms with Gasteiger partial charge in [0.25, 0.3) is 0 Å². The molecule has 0 bridgehead atoms. The van der Waals surface area contributed by atoms with Crippen molar-refractivity contribution in [3.05, 3.63) is 0 Å². The molecule has 1 heterocycles. The van der Waals surface area contributed by atoms with E-state index < -0.39 is 0 Å². The van der Waals surface area contributed by atoms with Gasteiger partial charge in [-0.25, -0.2) is 0 Å². The van der Waals surface area contributed by atoms with Gasteiger partial charge in [-0.2, -0.15) is 0 Å². The summed E-state index contributed by atoms with van der Waals surface area (Å²) in [6.07, 6.45) is -0.312. The summed E-state index contributed by atoms with van der Waals surface area (Å²) in [5, 5.41) is 2.98. The molecule has 48 valence electrons. The third kappa shape index (κ3) is 1.35. The lowest BCUT2D eigenvalue weighted by Crippen LogP contribution is -2.28. The lowest BCUT2D eigenvalue weighted by molar-refractivity contribution is -0.0368. The van der Waals surface area contributed by atoms with E-state index in [1.165, 1.54) is 0 Å². The van der Waals surface area contributed by atoms with Crippen LogP contribution in [0, 0.1) is 0 Å². The zero-order chi connectivity index (χ0) is 5.98. The zero-order valence-corrected chi connectivity index (χ0v) is 5.52. The molecule has 2 unspecified atom stereocenters. The van der Waals surface area contributed by atoms with Crippen LogP contribution in [0.5, 0.6) is 0 Å². The molecule has 3 nitrogen and oxygen atoms in total. The molecule has 1 saturated heterocycles. The van der Waals surface area contributed by atoms with Gasteiger partial charge in [-0.15, -0.1) is 0 Å². The van der Waals surface area contributed by atoms with Gasteiger partial charge in [0, 0.05) is 6.04 Å². The fourth-order valence-electron chi connectivity index (χ4n) is 0.621. The lowest BCUT2D eigenvalue weighted by atomic mass is 10.4. The quantitative estimate of drug-likeness (QED) is 0.396. The first kappa shape index (κ1) is 6.35. The maximum Gasteiger partial charge on any atom is 0.228 e. The van der Waals surface area contributed by atoms with Crippen LogP contribution in [0.25, 0.3) is 0 Å². The predicted octanol–water partition coefficient (Wildman–Crippen LogP) is 0.140. The Morgan fingerprint density at radius 2 is 2.62 bits per heavy atom. The zero-order valence-electron chi connectivity index (χ0n) is 4.63. The highest BCUT2D eigenvalue weighted by molar-refractivity contribution is 7.75. The molecule has 8 heavy (non-hydrogen) atoms. The molecular formula is C4H9NO2S. The molecule has 0 aromatic heterocycles. The molecule has 0 aromatic carbocycles. The standard InChI is InChI=1S/C4H9NO2S/c1-3-2-6-4(5-3)7-8/h3-5,8H,2H2,1H3. The molecule has 1 aliphatic heterocycles. The van der Waals surface area contributed by atoms with E-state index in [1.807, 2.05) is 6.92 Å². The van der Waals surface area contributed by atoms with Crippen LogP contribution in [-0.4, -0.2) is 19.1 Å². The first-order valence-electron chi connectivity index (χ1n) is 2.51. The van der Waals surface area contributed by atoms with E-state index in [0.29, 0.717) is 12.6 Å². The third-order valence-electron chi connectivity index (χ3n) is 1.01. The Hall–Kier alpha value is 0.230. The summed E-state index contributed by atoms with van der Waals surface area (Å²) in [6.45, 7) is 2.72. The van der Waals surface area contributed by atoms with Crippen molar-refractivity contribution >= 4 is 12.9 Å². The Bertz CT molecular complexity index is 80.4. The molecule has 4 heteroatoms. The first-order chi connectivity index (χ1) is 3.83. The number of nitrogens with one attached hydrogen (secondary N) is 1. The van der Waals surface area contributed by atoms with Crippen LogP contribution in [0.3, 0.4) is 0 Å². The topological polar surface area (TPSA) is 30.5 Å². The molecule has 0 spiro atoms. The van der Waals surface area contributed by atoms with Crippen molar-refractivity contribution in [2.24, 2.45) is 0 Å². The Labute approximate surface area is 54.0 Å². The Morgan fingerprint density at radius 3 is 2.88 bits per heavy atom. The summed E-state index contributed by atoms with van der Waals surface area (Å²) < 4.78 is 9.55. The molecule has 1 fully saturated rings. The van der Waals surface area contributed by atoms with E-state index in [9.17, 15) is 0 Å². The Kier molecular flexibility index (Phi) is 2.13. The van der Waals surface area contributed by atoms with Gasteiger partial charge in [0.05, 0.1) is 6.61 Å². The summed E-state index contributed by atoms with van der Waals surface area (Å²) in [5.74, 6) is 0. The fraction of sp³-hybridized carbons (Fsp3) is 1.00. The fourth-order valence-corrected chi connectivity index (χ4v) is 0.743. The number of hydrogen-bond donors (Lipinski definition) is 2. The molecule has 0 saturated carbocycles. The van der Waals surface area contributed by atoms with Crippen molar-refractivity contribution < 1.29 is 8.92 Å². The van der Waals surface area contributed by atoms with Crippen molar-refractivity contribution in [2.75, 3.05) is 6.61 Å². The van der Waals surface area contributed by atoms with Gasteiger partial charge in [0.1, 0.15) is 0 Å². The third-order valence-corrected chi connectivity index (χ3v) is 1.21. The van der Waals surface area contributed by atoms with Gasteiger partial charge >= 0.3 is 0 Å². The maximum absolute atomic E-state index is 5.00. The van der Waals surface area contributed by atoms with E-state index >= 15 is 0 Å². The highest BCUT2D eigenvalue weighted by Crippen LogP contribution is 2.03. The maximum atomic E-state index is 5.00. The van der Waals surface area contributed by atoms with Crippen molar-refractivity contribution in [3.8, 4) is 0 Å². The Balaban J connectivity index is 2.22. The molecule has 0 aliphatic carbocycles. The van der Waals surface area contributed by atoms with Crippen molar-refractivity contribution in [1.82, 2.24) is 5.32 Å². The molecule has 0 amide bonds. The summed E-state index contributed by atoms with van der Waals surface area (Å²) in [5.41, 5.74) is 0. The minimum atomic E-state index is -0.312. The van der Waals surface area contributed by atoms with Crippen molar-refractivity contribution in [2.45, 2.75) is 19.4 Å². The van der Waals surface area contributed by atoms with Crippen LogP contribution < -0.4 is 5.32 Å². The van der Waals surface area contributed by atoms with Crippen LogP contribution in [0.2, 0.25) is 0 Å². The van der Waals surface area contributed by atoms with Crippen LogP contribution in [0.15, 0.2) is 0 Å². The normalized spacial score (nSPS) is 38.2. The number of rotatable bonds is 1. The smallest absolute Gasteiger partial charge is 0.228 e. The second kappa shape index (κ2) is 2.68. The monoisotopic (exact) mass is 135 g/mol. The van der Waals surface area contributed by atoms with Gasteiger partial charge in [0.15, 0.2) is 0 Å². The molecule has 0 radical (unpaired) electrons. The second-order valence-corrected chi connectivity index (χ2v) is 2.05. The van der Waals surface area contributed by atoms with Gasteiger partial charge in [-0.3, -0.25) is 9.50 Å². The summed E-state index contributed by atoms with van der Waals surface area (Å²) in [7, 11) is 0. The minimum absolute atomic E-state index is 0.312. The van der Waals surface area contributed by atoms with E-state index in [2.05, 4.69) is 22.4 Å². The molecule has 0 aromatic rings. The average molecular weight is 135 g/mol. The summed E-state index contributed by atoms with van der Waals surface area (Å²) in [4.78, 5) is 0. The molecular weight excluding hydrogens is 126 g/mol. The first-order valence-corrected chi connectivity index (χ1v) is 2.87. The number of ether oxygens (including phenoxy) is 1. The van der Waals surface area contributed by atoms with Crippen LogP contribution >= 0.6 is 12.9 Å². The van der Waals surface area contributed by atoms with Crippen LogP contribution in [0.4, 0.5) is 0 Å². The molecule has 1 rings (SSSR count). The summed E-state index contributed by atoms with van der Waals surface area (Å²) >= 11 is 3.57. The van der Waals surface area contributed by atoms with Crippen molar-refractivity contribution in [3.63, 3.8) is 0 Å². The highest BCUT2D eigenvalue weighted by atomic mass is 32.1. The van der Waals surface area contributed by atoms with Crippen LogP contribution in [0.1, 0.15) is 6.92 Å². The van der Waals surface area contributed by atoms with E-state index in [-0.39, 0.29) is 6.41 Å². The Morgan fingerprint density at radius 1 is 1.88 bits per heavy atom. The molecule has 2 atom stereocenters.